The summed E-state index contributed by atoms with van der Waals surface area (Å²) in [6.07, 6.45) is 0.185. The molecule has 1 heterocycles. The number of nitrogens with zero attached hydrogens (tertiary/aromatic N) is 2. The number of amides is 2. The van der Waals surface area contributed by atoms with E-state index < -0.39 is 0 Å². The predicted octanol–water partition coefficient (Wildman–Crippen LogP) is 3.30. The van der Waals surface area contributed by atoms with Gasteiger partial charge in [0.2, 0.25) is 5.91 Å². The van der Waals surface area contributed by atoms with Gasteiger partial charge in [0.1, 0.15) is 5.82 Å². The Bertz CT molecular complexity index is 935. The molecule has 0 fully saturated rings. The van der Waals surface area contributed by atoms with Crippen LogP contribution in [0.5, 0.6) is 0 Å². The molecule has 27 heavy (non-hydrogen) atoms. The minimum absolute atomic E-state index is 0.174. The highest BCUT2D eigenvalue weighted by Gasteiger charge is 2.08. The van der Waals surface area contributed by atoms with Crippen molar-refractivity contribution in [2.75, 3.05) is 11.9 Å². The van der Waals surface area contributed by atoms with Crippen molar-refractivity contribution >= 4 is 33.4 Å². The zero-order valence-electron chi connectivity index (χ0n) is 14.6. The number of hydrogen-bond acceptors (Lipinski definition) is 4. The third-order valence-corrected chi connectivity index (χ3v) is 4.30. The Hall–Kier alpha value is -3.00. The van der Waals surface area contributed by atoms with Crippen LogP contribution in [0.15, 0.2) is 53.0 Å². The number of anilines is 1. The average Bonchev–Trinajstić information content (AvgIpc) is 3.09. The van der Waals surface area contributed by atoms with E-state index in [1.54, 1.807) is 36.4 Å². The average molecular weight is 428 g/mol. The van der Waals surface area contributed by atoms with Gasteiger partial charge in [0.25, 0.3) is 5.91 Å². The number of aromatic nitrogens is 3. The van der Waals surface area contributed by atoms with Crippen LogP contribution in [0.25, 0.3) is 11.4 Å². The van der Waals surface area contributed by atoms with Crippen molar-refractivity contribution in [2.24, 2.45) is 0 Å². The molecule has 2 amide bonds. The van der Waals surface area contributed by atoms with Gasteiger partial charge < -0.3 is 10.6 Å². The second-order valence-corrected chi connectivity index (χ2v) is 6.80. The zero-order chi connectivity index (χ0) is 19.2. The summed E-state index contributed by atoms with van der Waals surface area (Å²) in [4.78, 5) is 28.3. The Morgan fingerprint density at radius 2 is 1.78 bits per heavy atom. The molecule has 0 atom stereocenters. The largest absolute Gasteiger partial charge is 0.352 e. The maximum Gasteiger partial charge on any atom is 0.251 e. The fourth-order valence-corrected chi connectivity index (χ4v) is 2.66. The van der Waals surface area contributed by atoms with Gasteiger partial charge in [-0.3, -0.25) is 14.7 Å². The molecule has 0 radical (unpaired) electrons. The van der Waals surface area contributed by atoms with Gasteiger partial charge in [0, 0.05) is 34.3 Å². The fraction of sp³-hybridized carbons (Fsp3) is 0.158. The number of carbonyl (C=O) groups is 2. The summed E-state index contributed by atoms with van der Waals surface area (Å²) in [6.45, 7) is 2.09. The second-order valence-electron chi connectivity index (χ2n) is 5.88. The molecule has 2 aromatic carbocycles. The van der Waals surface area contributed by atoms with Gasteiger partial charge in [-0.2, -0.15) is 5.10 Å². The molecule has 0 unspecified atom stereocenters. The zero-order valence-corrected chi connectivity index (χ0v) is 16.2. The van der Waals surface area contributed by atoms with E-state index in [2.05, 4.69) is 41.7 Å². The highest BCUT2D eigenvalue weighted by atomic mass is 79.9. The van der Waals surface area contributed by atoms with E-state index in [4.69, 9.17) is 0 Å². The summed E-state index contributed by atoms with van der Waals surface area (Å²) in [5, 5.41) is 12.4. The lowest BCUT2D eigenvalue weighted by atomic mass is 10.2. The van der Waals surface area contributed by atoms with Crippen LogP contribution in [0.4, 0.5) is 5.69 Å². The Labute approximate surface area is 164 Å². The van der Waals surface area contributed by atoms with Crippen LogP contribution in [0.2, 0.25) is 0 Å². The summed E-state index contributed by atoms with van der Waals surface area (Å²) in [5.74, 6) is 0.975. The topological polar surface area (TPSA) is 99.8 Å². The van der Waals surface area contributed by atoms with Crippen molar-refractivity contribution in [1.29, 1.82) is 0 Å². The summed E-state index contributed by atoms with van der Waals surface area (Å²) < 4.78 is 0.905. The summed E-state index contributed by atoms with van der Waals surface area (Å²) in [5.41, 5.74) is 2.09. The number of H-pyrrole nitrogens is 1. The molecule has 0 saturated heterocycles. The number of nitrogens with one attached hydrogen (secondary N) is 3. The van der Waals surface area contributed by atoms with E-state index in [0.29, 0.717) is 17.1 Å². The van der Waals surface area contributed by atoms with Gasteiger partial charge in [-0.1, -0.05) is 15.9 Å². The molecule has 3 aromatic rings. The van der Waals surface area contributed by atoms with Gasteiger partial charge in [0.15, 0.2) is 5.82 Å². The van der Waals surface area contributed by atoms with Crippen LogP contribution < -0.4 is 10.6 Å². The van der Waals surface area contributed by atoms with E-state index >= 15 is 0 Å². The first-order valence-corrected chi connectivity index (χ1v) is 9.13. The number of hydrogen-bond donors (Lipinski definition) is 3. The molecule has 3 N–H and O–H groups in total. The maximum atomic E-state index is 12.0. The van der Waals surface area contributed by atoms with Crippen LogP contribution in [0.1, 0.15) is 22.6 Å². The van der Waals surface area contributed by atoms with Gasteiger partial charge >= 0.3 is 0 Å². The standard InChI is InChI=1S/C19H18BrN5O2/c1-12-22-18(25-24-12)13-4-8-16(9-5-13)23-17(26)10-11-21-19(27)14-2-6-15(20)7-3-14/h2-9H,10-11H2,1H3,(H,21,27)(H,23,26)(H,22,24,25). The van der Waals surface area contributed by atoms with Crippen LogP contribution >= 0.6 is 15.9 Å². The van der Waals surface area contributed by atoms with Gasteiger partial charge in [-0.25, -0.2) is 4.98 Å². The molecular formula is C19H18BrN5O2. The quantitative estimate of drug-likeness (QED) is 0.561. The third kappa shape index (κ3) is 5.24. The molecule has 7 nitrogen and oxygen atoms in total. The van der Waals surface area contributed by atoms with Gasteiger partial charge in [-0.15, -0.1) is 0 Å². The number of aryl methyl sites for hydroxylation is 1. The molecular weight excluding hydrogens is 410 g/mol. The van der Waals surface area contributed by atoms with Crippen molar-refractivity contribution in [3.63, 3.8) is 0 Å². The lowest BCUT2D eigenvalue weighted by Crippen LogP contribution is -2.27. The fourth-order valence-electron chi connectivity index (χ4n) is 2.39. The van der Waals surface area contributed by atoms with Gasteiger partial charge in [0.05, 0.1) is 0 Å². The van der Waals surface area contributed by atoms with Crippen LogP contribution in [0.3, 0.4) is 0 Å². The van der Waals surface area contributed by atoms with Crippen molar-refractivity contribution in [2.45, 2.75) is 13.3 Å². The minimum atomic E-state index is -0.207. The molecule has 1 aromatic heterocycles. The molecule has 3 rings (SSSR count). The number of halogens is 1. The predicted molar refractivity (Wildman–Crippen MR) is 106 cm³/mol. The first-order valence-electron chi connectivity index (χ1n) is 8.34. The summed E-state index contributed by atoms with van der Waals surface area (Å²) >= 11 is 3.32. The van der Waals surface area contributed by atoms with E-state index in [0.717, 1.165) is 15.9 Å². The Balaban J connectivity index is 1.46. The minimum Gasteiger partial charge on any atom is -0.352 e. The maximum absolute atomic E-state index is 12.0. The lowest BCUT2D eigenvalue weighted by molar-refractivity contribution is -0.116. The molecule has 0 aliphatic carbocycles. The van der Waals surface area contributed by atoms with Crippen molar-refractivity contribution in [1.82, 2.24) is 20.5 Å². The van der Waals surface area contributed by atoms with E-state index in [9.17, 15) is 9.59 Å². The normalized spacial score (nSPS) is 10.4. The first kappa shape index (κ1) is 18.8. The first-order chi connectivity index (χ1) is 13.0. The monoisotopic (exact) mass is 427 g/mol. The molecule has 0 aliphatic rings. The van der Waals surface area contributed by atoms with E-state index in [1.165, 1.54) is 0 Å². The van der Waals surface area contributed by atoms with Crippen molar-refractivity contribution in [3.8, 4) is 11.4 Å². The number of carbonyl (C=O) groups excluding carboxylic acids is 2. The van der Waals surface area contributed by atoms with Gasteiger partial charge in [-0.05, 0) is 55.5 Å². The molecule has 0 aliphatic heterocycles. The Kier molecular flexibility index (Phi) is 5.97. The highest BCUT2D eigenvalue weighted by Crippen LogP contribution is 2.18. The number of rotatable bonds is 6. The van der Waals surface area contributed by atoms with Crippen LogP contribution in [-0.2, 0) is 4.79 Å². The van der Waals surface area contributed by atoms with E-state index in [1.807, 2.05) is 19.1 Å². The number of aromatic amines is 1. The van der Waals surface area contributed by atoms with Crippen molar-refractivity contribution < 1.29 is 9.59 Å². The van der Waals surface area contributed by atoms with Crippen molar-refractivity contribution in [3.05, 3.63) is 64.4 Å². The number of benzene rings is 2. The highest BCUT2D eigenvalue weighted by molar-refractivity contribution is 9.10. The lowest BCUT2D eigenvalue weighted by Gasteiger charge is -2.07. The molecule has 0 bridgehead atoms. The Morgan fingerprint density at radius 1 is 1.07 bits per heavy atom. The molecule has 138 valence electrons. The molecule has 0 spiro atoms. The summed E-state index contributed by atoms with van der Waals surface area (Å²) in [7, 11) is 0. The van der Waals surface area contributed by atoms with E-state index in [-0.39, 0.29) is 24.8 Å². The SMILES string of the molecule is Cc1nc(-c2ccc(NC(=O)CCNC(=O)c3ccc(Br)cc3)cc2)n[nH]1. The third-order valence-electron chi connectivity index (χ3n) is 3.77. The van der Waals surface area contributed by atoms with Crippen LogP contribution in [-0.4, -0.2) is 33.5 Å². The molecule has 0 saturated carbocycles. The van der Waals surface area contributed by atoms with Crippen LogP contribution in [0, 0.1) is 6.92 Å². The summed E-state index contributed by atoms with van der Waals surface area (Å²) in [6, 6.07) is 14.3. The second kappa shape index (κ2) is 8.59. The molecule has 8 heteroatoms. The Morgan fingerprint density at radius 3 is 2.41 bits per heavy atom. The smallest absolute Gasteiger partial charge is 0.251 e.